The molecule has 0 aromatic heterocycles. The molecular formula is C17H29N3O2. The molecule has 3 N–H and O–H groups in total. The molecule has 5 nitrogen and oxygen atoms in total. The molecular weight excluding hydrogens is 278 g/mol. The molecule has 3 rings (SSSR count). The lowest BCUT2D eigenvalue weighted by Crippen LogP contribution is -2.46. The molecule has 2 aliphatic carbocycles. The largest absolute Gasteiger partial charge is 0.356 e. The summed E-state index contributed by atoms with van der Waals surface area (Å²) in [5.74, 6) is 1.74. The third-order valence-corrected chi connectivity index (χ3v) is 5.33. The van der Waals surface area contributed by atoms with Gasteiger partial charge in [-0.25, -0.2) is 0 Å². The molecule has 1 saturated heterocycles. The standard InChI is InChI=1S/C17H29N3O2/c21-15(19-8-5-13-1-2-13)11-17(7-10-18-12-17)16(22)20-9-6-14-3-4-14/h13-14,18H,1-12H2,(H,19,21)(H,20,22). The van der Waals surface area contributed by atoms with Gasteiger partial charge in [0.15, 0.2) is 0 Å². The van der Waals surface area contributed by atoms with Crippen LogP contribution < -0.4 is 16.0 Å². The normalized spacial score (nSPS) is 27.6. The molecule has 1 atom stereocenters. The molecule has 124 valence electrons. The molecule has 2 saturated carbocycles. The van der Waals surface area contributed by atoms with Gasteiger partial charge in [-0.15, -0.1) is 0 Å². The number of amides is 2. The van der Waals surface area contributed by atoms with E-state index in [0.29, 0.717) is 13.0 Å². The molecule has 1 heterocycles. The highest BCUT2D eigenvalue weighted by Gasteiger charge is 2.42. The van der Waals surface area contributed by atoms with E-state index >= 15 is 0 Å². The van der Waals surface area contributed by atoms with Crippen LogP contribution in [0.5, 0.6) is 0 Å². The monoisotopic (exact) mass is 307 g/mol. The lowest BCUT2D eigenvalue weighted by Gasteiger charge is -2.26. The summed E-state index contributed by atoms with van der Waals surface area (Å²) >= 11 is 0. The molecule has 0 radical (unpaired) electrons. The number of carbonyl (C=O) groups excluding carboxylic acids is 2. The van der Waals surface area contributed by atoms with Crippen molar-refractivity contribution in [3.05, 3.63) is 0 Å². The Morgan fingerprint density at radius 3 is 2.18 bits per heavy atom. The molecule has 1 aliphatic heterocycles. The lowest BCUT2D eigenvalue weighted by atomic mass is 9.82. The van der Waals surface area contributed by atoms with Gasteiger partial charge < -0.3 is 16.0 Å². The van der Waals surface area contributed by atoms with E-state index in [2.05, 4.69) is 16.0 Å². The Hall–Kier alpha value is -1.10. The van der Waals surface area contributed by atoms with Gasteiger partial charge in [0.05, 0.1) is 5.41 Å². The Morgan fingerprint density at radius 1 is 1.00 bits per heavy atom. The van der Waals surface area contributed by atoms with Crippen molar-refractivity contribution in [2.24, 2.45) is 17.3 Å². The Kier molecular flexibility index (Phi) is 5.01. The second-order valence-corrected chi connectivity index (χ2v) is 7.45. The summed E-state index contributed by atoms with van der Waals surface area (Å²) in [7, 11) is 0. The summed E-state index contributed by atoms with van der Waals surface area (Å²) in [6, 6.07) is 0. The predicted molar refractivity (Wildman–Crippen MR) is 85.2 cm³/mol. The van der Waals surface area contributed by atoms with Crippen LogP contribution >= 0.6 is 0 Å². The van der Waals surface area contributed by atoms with E-state index in [4.69, 9.17) is 0 Å². The van der Waals surface area contributed by atoms with Crippen molar-refractivity contribution in [3.8, 4) is 0 Å². The smallest absolute Gasteiger partial charge is 0.228 e. The highest BCUT2D eigenvalue weighted by molar-refractivity contribution is 5.89. The average Bonchev–Trinajstić information content (AvgIpc) is 3.41. The van der Waals surface area contributed by atoms with Gasteiger partial charge in [0.1, 0.15) is 0 Å². The third kappa shape index (κ3) is 4.45. The highest BCUT2D eigenvalue weighted by atomic mass is 16.2. The van der Waals surface area contributed by atoms with Crippen LogP contribution in [0.4, 0.5) is 0 Å². The van der Waals surface area contributed by atoms with Crippen LogP contribution in [0.1, 0.15) is 51.4 Å². The number of carbonyl (C=O) groups is 2. The molecule has 3 aliphatic rings. The van der Waals surface area contributed by atoms with Gasteiger partial charge in [-0.1, -0.05) is 25.7 Å². The first-order chi connectivity index (χ1) is 10.7. The van der Waals surface area contributed by atoms with Crippen molar-refractivity contribution in [3.63, 3.8) is 0 Å². The minimum atomic E-state index is -0.535. The first-order valence-electron chi connectivity index (χ1n) is 8.94. The minimum absolute atomic E-state index is 0.0293. The van der Waals surface area contributed by atoms with E-state index < -0.39 is 5.41 Å². The maximum atomic E-state index is 12.6. The van der Waals surface area contributed by atoms with Crippen LogP contribution in [0.2, 0.25) is 0 Å². The van der Waals surface area contributed by atoms with Gasteiger partial charge in [0.25, 0.3) is 0 Å². The number of hydrogen-bond donors (Lipinski definition) is 3. The minimum Gasteiger partial charge on any atom is -0.356 e. The second-order valence-electron chi connectivity index (χ2n) is 7.45. The fourth-order valence-electron chi connectivity index (χ4n) is 3.34. The van der Waals surface area contributed by atoms with Crippen molar-refractivity contribution in [1.29, 1.82) is 0 Å². The SMILES string of the molecule is O=C(CC1(C(=O)NCCC2CC2)CCNC1)NCCC1CC1. The van der Waals surface area contributed by atoms with Crippen molar-refractivity contribution >= 4 is 11.8 Å². The van der Waals surface area contributed by atoms with E-state index in [1.165, 1.54) is 25.7 Å². The summed E-state index contributed by atoms with van der Waals surface area (Å²) in [6.45, 7) is 2.97. The van der Waals surface area contributed by atoms with Crippen LogP contribution in [-0.4, -0.2) is 38.0 Å². The molecule has 0 bridgehead atoms. The quantitative estimate of drug-likeness (QED) is 0.599. The van der Waals surface area contributed by atoms with Crippen molar-refractivity contribution in [2.75, 3.05) is 26.2 Å². The fourth-order valence-corrected chi connectivity index (χ4v) is 3.34. The van der Waals surface area contributed by atoms with E-state index in [-0.39, 0.29) is 11.8 Å². The third-order valence-electron chi connectivity index (χ3n) is 5.33. The van der Waals surface area contributed by atoms with Gasteiger partial charge >= 0.3 is 0 Å². The Balaban J connectivity index is 1.43. The van der Waals surface area contributed by atoms with Crippen molar-refractivity contribution < 1.29 is 9.59 Å². The van der Waals surface area contributed by atoms with Crippen LogP contribution in [-0.2, 0) is 9.59 Å². The summed E-state index contributed by atoms with van der Waals surface area (Å²) in [6.07, 6.45) is 8.50. The van der Waals surface area contributed by atoms with E-state index in [0.717, 1.165) is 50.7 Å². The number of rotatable bonds is 9. The fraction of sp³-hybridized carbons (Fsp3) is 0.882. The molecule has 0 spiro atoms. The number of hydrogen-bond acceptors (Lipinski definition) is 3. The van der Waals surface area contributed by atoms with Crippen LogP contribution in [0.25, 0.3) is 0 Å². The summed E-state index contributed by atoms with van der Waals surface area (Å²) < 4.78 is 0. The molecule has 5 heteroatoms. The summed E-state index contributed by atoms with van der Waals surface area (Å²) in [5.41, 5.74) is -0.535. The second kappa shape index (κ2) is 6.99. The molecule has 2 amide bonds. The first kappa shape index (κ1) is 15.8. The Bertz CT molecular complexity index is 410. The zero-order valence-corrected chi connectivity index (χ0v) is 13.5. The van der Waals surface area contributed by atoms with E-state index in [1.807, 2.05) is 0 Å². The van der Waals surface area contributed by atoms with Crippen LogP contribution in [0.15, 0.2) is 0 Å². The van der Waals surface area contributed by atoms with Crippen molar-refractivity contribution in [1.82, 2.24) is 16.0 Å². The van der Waals surface area contributed by atoms with Gasteiger partial charge in [0, 0.05) is 26.1 Å². The maximum absolute atomic E-state index is 12.6. The highest BCUT2D eigenvalue weighted by Crippen LogP contribution is 2.33. The summed E-state index contributed by atoms with van der Waals surface area (Å²) in [5, 5.41) is 9.32. The van der Waals surface area contributed by atoms with Gasteiger partial charge in [-0.3, -0.25) is 9.59 Å². The first-order valence-corrected chi connectivity index (χ1v) is 8.94. The van der Waals surface area contributed by atoms with Crippen LogP contribution in [0, 0.1) is 17.3 Å². The lowest BCUT2D eigenvalue weighted by molar-refractivity contribution is -0.135. The van der Waals surface area contributed by atoms with E-state index in [1.54, 1.807) is 0 Å². The van der Waals surface area contributed by atoms with Gasteiger partial charge in [-0.2, -0.15) is 0 Å². The van der Waals surface area contributed by atoms with E-state index in [9.17, 15) is 9.59 Å². The van der Waals surface area contributed by atoms with Crippen LogP contribution in [0.3, 0.4) is 0 Å². The molecule has 3 fully saturated rings. The maximum Gasteiger partial charge on any atom is 0.228 e. The summed E-state index contributed by atoms with van der Waals surface area (Å²) in [4.78, 5) is 24.7. The Labute approximate surface area is 133 Å². The number of nitrogens with one attached hydrogen (secondary N) is 3. The predicted octanol–water partition coefficient (Wildman–Crippen LogP) is 1.19. The molecule has 0 aromatic carbocycles. The average molecular weight is 307 g/mol. The molecule has 0 aromatic rings. The van der Waals surface area contributed by atoms with Gasteiger partial charge in [-0.05, 0) is 37.6 Å². The molecule has 22 heavy (non-hydrogen) atoms. The van der Waals surface area contributed by atoms with Crippen molar-refractivity contribution in [2.45, 2.75) is 51.4 Å². The topological polar surface area (TPSA) is 70.2 Å². The van der Waals surface area contributed by atoms with Gasteiger partial charge in [0.2, 0.25) is 11.8 Å². The zero-order chi connectivity index (χ0) is 15.4. The molecule has 1 unspecified atom stereocenters. The zero-order valence-electron chi connectivity index (χ0n) is 13.5. The Morgan fingerprint density at radius 2 is 1.64 bits per heavy atom.